The molecule has 2 amide bonds. The molecule has 15 nitrogen and oxygen atoms in total. The molecule has 15 heteroatoms. The summed E-state index contributed by atoms with van der Waals surface area (Å²) in [6, 6.07) is -0.988. The van der Waals surface area contributed by atoms with Crippen LogP contribution < -0.4 is 21.8 Å². The Morgan fingerprint density at radius 1 is 1.44 bits per heavy atom. The smallest absolute Gasteiger partial charge is 0.408 e. The van der Waals surface area contributed by atoms with Crippen molar-refractivity contribution in [1.29, 1.82) is 0 Å². The lowest BCUT2D eigenvalue weighted by atomic mass is 10.1. The van der Waals surface area contributed by atoms with Gasteiger partial charge in [0.1, 0.15) is 11.6 Å². The predicted molar refractivity (Wildman–Crippen MR) is 91.8 cm³/mol. The molecule has 0 aliphatic heterocycles. The third-order valence-corrected chi connectivity index (χ3v) is 2.73. The van der Waals surface area contributed by atoms with Crippen LogP contribution in [0.4, 0.5) is 10.7 Å². The molecule has 0 aliphatic rings. The molecule has 0 fully saturated rings. The number of hydrogen-bond acceptors (Lipinski definition) is 9. The van der Waals surface area contributed by atoms with Crippen LogP contribution in [0.5, 0.6) is 0 Å². The van der Waals surface area contributed by atoms with Crippen LogP contribution in [0.3, 0.4) is 0 Å². The van der Waals surface area contributed by atoms with Gasteiger partial charge in [0.05, 0.1) is 0 Å². The molecule has 0 saturated carbocycles. The van der Waals surface area contributed by atoms with Gasteiger partial charge in [0.2, 0.25) is 5.91 Å². The highest BCUT2D eigenvalue weighted by Gasteiger charge is 2.25. The van der Waals surface area contributed by atoms with Gasteiger partial charge in [-0.3, -0.25) is 10.1 Å². The maximum absolute atomic E-state index is 12.3. The Morgan fingerprint density at radius 3 is 2.70 bits per heavy atom. The monoisotopic (exact) mass is 386 g/mol. The maximum Gasteiger partial charge on any atom is 0.408 e. The van der Waals surface area contributed by atoms with Crippen LogP contribution in [0.1, 0.15) is 33.6 Å². The van der Waals surface area contributed by atoms with E-state index in [-0.39, 0.29) is 24.9 Å². The van der Waals surface area contributed by atoms with Crippen LogP contribution in [0, 0.1) is 10.1 Å². The third-order valence-electron chi connectivity index (χ3n) is 2.73. The number of amides is 2. The molecule has 1 heterocycles. The second-order valence-corrected chi connectivity index (χ2v) is 6.20. The van der Waals surface area contributed by atoms with E-state index in [4.69, 9.17) is 10.5 Å². The van der Waals surface area contributed by atoms with Crippen molar-refractivity contribution in [1.82, 2.24) is 31.4 Å². The van der Waals surface area contributed by atoms with Crippen molar-refractivity contribution in [2.75, 3.05) is 11.9 Å². The molecule has 0 aromatic carbocycles. The normalized spacial score (nSPS) is 12.8. The van der Waals surface area contributed by atoms with E-state index in [0.29, 0.717) is 6.42 Å². The van der Waals surface area contributed by atoms with E-state index in [9.17, 15) is 19.7 Å². The highest BCUT2D eigenvalue weighted by atomic mass is 16.7. The number of guanidine groups is 1. The summed E-state index contributed by atoms with van der Waals surface area (Å²) < 4.78 is 5.13. The fraction of sp³-hybridized carbons (Fsp3) is 0.667. The van der Waals surface area contributed by atoms with Crippen molar-refractivity contribution in [2.24, 2.45) is 10.7 Å². The van der Waals surface area contributed by atoms with Gasteiger partial charge in [-0.15, -0.1) is 5.10 Å². The van der Waals surface area contributed by atoms with Gasteiger partial charge >= 0.3 is 6.09 Å². The molecule has 0 spiro atoms. The number of alkyl carbamates (subject to hydrolysis) is 1. The van der Waals surface area contributed by atoms with Gasteiger partial charge in [-0.05, 0) is 38.8 Å². The number of rotatable bonds is 8. The summed E-state index contributed by atoms with van der Waals surface area (Å²) in [5, 5.41) is 26.9. The Bertz CT molecular complexity index is 669. The van der Waals surface area contributed by atoms with Gasteiger partial charge in [0.15, 0.2) is 5.03 Å². The minimum atomic E-state index is -0.988. The molecular weight excluding hydrogens is 364 g/mol. The number of anilines is 1. The van der Waals surface area contributed by atoms with Crippen molar-refractivity contribution in [2.45, 2.75) is 45.3 Å². The number of hydrazine groups is 1. The Hall–Kier alpha value is -3.52. The first-order chi connectivity index (χ1) is 12.6. The molecule has 1 atom stereocenters. The summed E-state index contributed by atoms with van der Waals surface area (Å²) in [6.07, 6.45) is -0.341. The lowest BCUT2D eigenvalue weighted by molar-refractivity contribution is -0.525. The standard InChI is InChI=1S/C12H22N10O5/c1-12(2,3)27-11(24)15-7(8(23)16-10-17-20-21-18-10)5-4-6-14-9(13)19-22(25)26/h7H,4-6H2,1-3H3,(H,15,24)(H3,13,14,19)(H2,16,17,18,20,21,23)/t7-/m0/s1. The number of ether oxygens (including phenoxy) is 1. The van der Waals surface area contributed by atoms with Crippen molar-refractivity contribution in [3.8, 4) is 0 Å². The largest absolute Gasteiger partial charge is 0.444 e. The van der Waals surface area contributed by atoms with Gasteiger partial charge < -0.3 is 15.8 Å². The van der Waals surface area contributed by atoms with E-state index in [1.165, 1.54) is 0 Å². The zero-order chi connectivity index (χ0) is 20.4. The summed E-state index contributed by atoms with van der Waals surface area (Å²) in [5.41, 5.74) is 6.24. The van der Waals surface area contributed by atoms with E-state index in [1.807, 2.05) is 0 Å². The number of nitrogens with one attached hydrogen (secondary N) is 4. The van der Waals surface area contributed by atoms with E-state index >= 15 is 0 Å². The Kier molecular flexibility index (Phi) is 7.84. The lowest BCUT2D eigenvalue weighted by Crippen LogP contribution is -2.46. The first-order valence-electron chi connectivity index (χ1n) is 7.81. The second kappa shape index (κ2) is 9.83. The summed E-state index contributed by atoms with van der Waals surface area (Å²) >= 11 is 0. The molecule has 1 rings (SSSR count). The van der Waals surface area contributed by atoms with E-state index < -0.39 is 28.7 Å². The number of carbonyl (C=O) groups excluding carboxylic acids is 2. The van der Waals surface area contributed by atoms with Crippen LogP contribution in [0.15, 0.2) is 4.99 Å². The molecular formula is C12H22N10O5. The van der Waals surface area contributed by atoms with Crippen LogP contribution in [-0.2, 0) is 9.53 Å². The second-order valence-electron chi connectivity index (χ2n) is 6.20. The zero-order valence-corrected chi connectivity index (χ0v) is 15.1. The maximum atomic E-state index is 12.3. The SMILES string of the molecule is CC(C)(C)OC(=O)N[C@@H](CCCN=C(N)N[N+](=O)[O-])C(=O)Nc1nn[nH]n1. The highest BCUT2D eigenvalue weighted by molar-refractivity contribution is 5.95. The van der Waals surface area contributed by atoms with Gasteiger partial charge in [-0.1, -0.05) is 10.5 Å². The van der Waals surface area contributed by atoms with Crippen LogP contribution in [0.2, 0.25) is 0 Å². The zero-order valence-electron chi connectivity index (χ0n) is 15.1. The highest BCUT2D eigenvalue weighted by Crippen LogP contribution is 2.08. The number of carbonyl (C=O) groups is 2. The number of nitrogens with two attached hydrogens (primary N) is 1. The summed E-state index contributed by atoms with van der Waals surface area (Å²) in [6.45, 7) is 5.14. The van der Waals surface area contributed by atoms with E-state index in [2.05, 4.69) is 36.3 Å². The first kappa shape index (κ1) is 21.5. The number of H-pyrrole nitrogens is 1. The van der Waals surface area contributed by atoms with E-state index in [0.717, 1.165) is 0 Å². The number of aromatic amines is 1. The van der Waals surface area contributed by atoms with Gasteiger partial charge in [0, 0.05) is 6.54 Å². The number of nitrogens with zero attached hydrogens (tertiary/aromatic N) is 5. The predicted octanol–water partition coefficient (Wildman–Crippen LogP) is -1.09. The lowest BCUT2D eigenvalue weighted by Gasteiger charge is -2.23. The average molecular weight is 386 g/mol. The van der Waals surface area contributed by atoms with Crippen LogP contribution >= 0.6 is 0 Å². The number of aromatic nitrogens is 4. The van der Waals surface area contributed by atoms with Gasteiger partial charge in [-0.25, -0.2) is 19.9 Å². The molecule has 6 N–H and O–H groups in total. The molecule has 150 valence electrons. The minimum Gasteiger partial charge on any atom is -0.444 e. The van der Waals surface area contributed by atoms with Crippen molar-refractivity contribution in [3.05, 3.63) is 10.1 Å². The number of aliphatic imine (C=N–C) groups is 1. The topological polar surface area (TPSA) is 215 Å². The van der Waals surface area contributed by atoms with Crippen LogP contribution in [-0.4, -0.2) is 61.8 Å². The third kappa shape index (κ3) is 9.51. The van der Waals surface area contributed by atoms with Crippen molar-refractivity contribution < 1.29 is 19.4 Å². The van der Waals surface area contributed by atoms with Crippen molar-refractivity contribution >= 4 is 23.9 Å². The molecule has 0 radical (unpaired) electrons. The van der Waals surface area contributed by atoms with Gasteiger partial charge in [-0.2, -0.15) is 5.21 Å². The fourth-order valence-electron chi connectivity index (χ4n) is 1.75. The Labute approximate surface area is 153 Å². The molecule has 0 bridgehead atoms. The average Bonchev–Trinajstić information content (AvgIpc) is 3.00. The minimum absolute atomic E-state index is 0.0616. The number of tetrazole rings is 1. The van der Waals surface area contributed by atoms with E-state index in [1.54, 1.807) is 26.2 Å². The number of hydrogen-bond donors (Lipinski definition) is 5. The van der Waals surface area contributed by atoms with Gasteiger partial charge in [0.25, 0.3) is 11.9 Å². The molecule has 27 heavy (non-hydrogen) atoms. The summed E-state index contributed by atoms with van der Waals surface area (Å²) in [4.78, 5) is 38.2. The molecule has 1 aromatic heterocycles. The Balaban J connectivity index is 2.65. The molecule has 0 aliphatic carbocycles. The molecule has 0 unspecified atom stereocenters. The van der Waals surface area contributed by atoms with Crippen LogP contribution in [0.25, 0.3) is 0 Å². The number of nitro groups is 1. The molecule has 1 aromatic rings. The summed E-state index contributed by atoms with van der Waals surface area (Å²) in [5.74, 6) is -1.02. The first-order valence-corrected chi connectivity index (χ1v) is 7.81. The van der Waals surface area contributed by atoms with Crippen molar-refractivity contribution in [3.63, 3.8) is 0 Å². The quantitative estimate of drug-likeness (QED) is 0.119. The summed E-state index contributed by atoms with van der Waals surface area (Å²) in [7, 11) is 0. The molecule has 0 saturated heterocycles. The fourth-order valence-corrected chi connectivity index (χ4v) is 1.75. The Morgan fingerprint density at radius 2 is 2.15 bits per heavy atom.